The van der Waals surface area contributed by atoms with E-state index in [1.54, 1.807) is 48.5 Å². The summed E-state index contributed by atoms with van der Waals surface area (Å²) in [6.45, 7) is -0.300. The van der Waals surface area contributed by atoms with Crippen molar-refractivity contribution in [2.75, 3.05) is 25.2 Å². The van der Waals surface area contributed by atoms with Gasteiger partial charge >= 0.3 is 0 Å². The van der Waals surface area contributed by atoms with Gasteiger partial charge in [-0.05, 0) is 23.8 Å². The Hall–Kier alpha value is -2.09. The Labute approximate surface area is 152 Å². The van der Waals surface area contributed by atoms with Crippen molar-refractivity contribution in [3.63, 3.8) is 0 Å². The van der Waals surface area contributed by atoms with E-state index >= 15 is 0 Å². The molecular formula is C17H19ClN2O4S. The zero-order valence-electron chi connectivity index (χ0n) is 13.9. The Kier molecular flexibility index (Phi) is 6.41. The van der Waals surface area contributed by atoms with Crippen LogP contribution in [-0.4, -0.2) is 38.5 Å². The number of amides is 1. The van der Waals surface area contributed by atoms with E-state index in [0.717, 1.165) is 10.6 Å². The molecule has 0 aromatic heterocycles. The highest BCUT2D eigenvalue weighted by atomic mass is 35.5. The molecule has 0 radical (unpaired) electrons. The normalized spacial score (nSPS) is 11.4. The summed E-state index contributed by atoms with van der Waals surface area (Å²) in [4.78, 5) is 12.3. The minimum absolute atomic E-state index is 0.0179. The van der Waals surface area contributed by atoms with Crippen LogP contribution in [0.1, 0.15) is 5.56 Å². The molecule has 0 unspecified atom stereocenters. The van der Waals surface area contributed by atoms with Gasteiger partial charge in [0.05, 0.1) is 19.9 Å². The first-order valence-corrected chi connectivity index (χ1v) is 9.64. The quantitative estimate of drug-likeness (QED) is 0.798. The smallest absolute Gasteiger partial charge is 0.239 e. The number of benzene rings is 2. The van der Waals surface area contributed by atoms with Gasteiger partial charge in [0.1, 0.15) is 5.75 Å². The maximum Gasteiger partial charge on any atom is 0.239 e. The molecule has 8 heteroatoms. The lowest BCUT2D eigenvalue weighted by atomic mass is 10.2. The van der Waals surface area contributed by atoms with E-state index in [1.165, 1.54) is 7.11 Å². The maximum atomic E-state index is 12.3. The fourth-order valence-corrected chi connectivity index (χ4v) is 3.09. The van der Waals surface area contributed by atoms with E-state index in [4.69, 9.17) is 16.3 Å². The lowest BCUT2D eigenvalue weighted by Crippen LogP contribution is -2.37. The molecule has 134 valence electrons. The topological polar surface area (TPSA) is 75.7 Å². The highest BCUT2D eigenvalue weighted by Crippen LogP contribution is 2.19. The number of ether oxygens (including phenoxy) is 1. The zero-order chi connectivity index (χ0) is 18.4. The second-order valence-corrected chi connectivity index (χ2v) is 7.79. The standard InChI is InChI=1S/C17H19ClN2O4S/c1-24-15-8-5-7-14(10-15)19-17(21)12-20(25(2,22)23)11-13-6-3-4-9-16(13)18/h3-10H,11-12H2,1-2H3,(H,19,21). The summed E-state index contributed by atoms with van der Waals surface area (Å²) in [6.07, 6.45) is 1.06. The van der Waals surface area contributed by atoms with Gasteiger partial charge in [0, 0.05) is 23.3 Å². The van der Waals surface area contributed by atoms with Crippen LogP contribution >= 0.6 is 11.6 Å². The molecule has 0 saturated carbocycles. The first-order valence-electron chi connectivity index (χ1n) is 7.42. The van der Waals surface area contributed by atoms with Gasteiger partial charge < -0.3 is 10.1 Å². The molecule has 0 bridgehead atoms. The molecule has 6 nitrogen and oxygen atoms in total. The predicted molar refractivity (Wildman–Crippen MR) is 98.3 cm³/mol. The summed E-state index contributed by atoms with van der Waals surface area (Å²) < 4.78 is 30.2. The molecule has 0 aliphatic carbocycles. The van der Waals surface area contributed by atoms with Gasteiger partial charge in [-0.3, -0.25) is 4.79 Å². The molecule has 2 aromatic rings. The first-order chi connectivity index (χ1) is 11.8. The lowest BCUT2D eigenvalue weighted by Gasteiger charge is -2.20. The van der Waals surface area contributed by atoms with Gasteiger partial charge in [0.25, 0.3) is 0 Å². The number of hydrogen-bond acceptors (Lipinski definition) is 4. The van der Waals surface area contributed by atoms with Crippen molar-refractivity contribution in [1.82, 2.24) is 4.31 Å². The third-order valence-electron chi connectivity index (χ3n) is 3.45. The number of sulfonamides is 1. The molecular weight excluding hydrogens is 364 g/mol. The predicted octanol–water partition coefficient (Wildman–Crippen LogP) is 2.75. The number of nitrogens with zero attached hydrogens (tertiary/aromatic N) is 1. The highest BCUT2D eigenvalue weighted by molar-refractivity contribution is 7.88. The minimum atomic E-state index is -3.59. The second kappa shape index (κ2) is 8.33. The van der Waals surface area contributed by atoms with Crippen LogP contribution in [0, 0.1) is 0 Å². The van der Waals surface area contributed by atoms with E-state index in [1.807, 2.05) is 0 Å². The van der Waals surface area contributed by atoms with Crippen LogP contribution in [-0.2, 0) is 21.4 Å². The molecule has 0 aliphatic heterocycles. The molecule has 1 amide bonds. The van der Waals surface area contributed by atoms with E-state index in [9.17, 15) is 13.2 Å². The third-order valence-corrected chi connectivity index (χ3v) is 5.01. The Morgan fingerprint density at radius 2 is 1.92 bits per heavy atom. The monoisotopic (exact) mass is 382 g/mol. The Morgan fingerprint density at radius 3 is 2.56 bits per heavy atom. The maximum absolute atomic E-state index is 12.3. The number of carbonyl (C=O) groups is 1. The van der Waals surface area contributed by atoms with Gasteiger partial charge in [-0.25, -0.2) is 8.42 Å². The third kappa shape index (κ3) is 5.74. The second-order valence-electron chi connectivity index (χ2n) is 5.40. The number of methoxy groups -OCH3 is 1. The number of rotatable bonds is 7. The van der Waals surface area contributed by atoms with Crippen LogP contribution in [0.4, 0.5) is 5.69 Å². The minimum Gasteiger partial charge on any atom is -0.497 e. The van der Waals surface area contributed by atoms with Gasteiger partial charge in [-0.1, -0.05) is 35.9 Å². The van der Waals surface area contributed by atoms with Crippen LogP contribution in [0.3, 0.4) is 0 Å². The molecule has 1 N–H and O–H groups in total. The molecule has 0 saturated heterocycles. The average Bonchev–Trinajstić information content (AvgIpc) is 2.55. The Bertz CT molecular complexity index is 855. The molecule has 2 aromatic carbocycles. The number of halogens is 1. The van der Waals surface area contributed by atoms with Crippen molar-refractivity contribution in [3.8, 4) is 5.75 Å². The zero-order valence-corrected chi connectivity index (χ0v) is 15.5. The molecule has 25 heavy (non-hydrogen) atoms. The largest absolute Gasteiger partial charge is 0.497 e. The van der Waals surface area contributed by atoms with Crippen molar-refractivity contribution in [3.05, 3.63) is 59.1 Å². The summed E-state index contributed by atoms with van der Waals surface area (Å²) in [5, 5.41) is 3.11. The van der Waals surface area contributed by atoms with Crippen LogP contribution in [0.5, 0.6) is 5.75 Å². The van der Waals surface area contributed by atoms with Gasteiger partial charge in [-0.15, -0.1) is 0 Å². The van der Waals surface area contributed by atoms with Crippen molar-refractivity contribution >= 4 is 33.2 Å². The van der Waals surface area contributed by atoms with E-state index in [0.29, 0.717) is 22.0 Å². The van der Waals surface area contributed by atoms with E-state index in [-0.39, 0.29) is 13.1 Å². The molecule has 0 heterocycles. The van der Waals surface area contributed by atoms with Crippen LogP contribution in [0.2, 0.25) is 5.02 Å². The SMILES string of the molecule is COc1cccc(NC(=O)CN(Cc2ccccc2Cl)S(C)(=O)=O)c1. The van der Waals surface area contributed by atoms with Gasteiger partial charge in [-0.2, -0.15) is 4.31 Å². The summed E-state index contributed by atoms with van der Waals surface area (Å²) in [5.41, 5.74) is 1.15. The van der Waals surface area contributed by atoms with Gasteiger partial charge in [0.2, 0.25) is 15.9 Å². The number of anilines is 1. The van der Waals surface area contributed by atoms with E-state index < -0.39 is 15.9 Å². The fourth-order valence-electron chi connectivity index (χ4n) is 2.17. The fraction of sp³-hybridized carbons (Fsp3) is 0.235. The van der Waals surface area contributed by atoms with Crippen molar-refractivity contribution < 1.29 is 17.9 Å². The lowest BCUT2D eigenvalue weighted by molar-refractivity contribution is -0.116. The molecule has 0 spiro atoms. The summed E-state index contributed by atoms with van der Waals surface area (Å²) in [7, 11) is -2.07. The van der Waals surface area contributed by atoms with E-state index in [2.05, 4.69) is 5.32 Å². The Morgan fingerprint density at radius 1 is 1.20 bits per heavy atom. The van der Waals surface area contributed by atoms with Gasteiger partial charge in [0.15, 0.2) is 0 Å². The molecule has 2 rings (SSSR count). The summed E-state index contributed by atoms with van der Waals surface area (Å²) in [6, 6.07) is 13.7. The van der Waals surface area contributed by atoms with Crippen LogP contribution < -0.4 is 10.1 Å². The van der Waals surface area contributed by atoms with Crippen molar-refractivity contribution in [2.45, 2.75) is 6.54 Å². The molecule has 0 atom stereocenters. The average molecular weight is 383 g/mol. The number of carbonyl (C=O) groups excluding carboxylic acids is 1. The number of hydrogen-bond donors (Lipinski definition) is 1. The Balaban J connectivity index is 2.11. The molecule has 0 aliphatic rings. The summed E-state index contributed by atoms with van der Waals surface area (Å²) in [5.74, 6) is 0.138. The van der Waals surface area contributed by atoms with Crippen molar-refractivity contribution in [2.24, 2.45) is 0 Å². The van der Waals surface area contributed by atoms with Crippen molar-refractivity contribution in [1.29, 1.82) is 0 Å². The first kappa shape index (κ1) is 19.2. The molecule has 0 fully saturated rings. The highest BCUT2D eigenvalue weighted by Gasteiger charge is 2.21. The van der Waals surface area contributed by atoms with Crippen LogP contribution in [0.25, 0.3) is 0 Å². The summed E-state index contributed by atoms with van der Waals surface area (Å²) >= 11 is 6.08. The van der Waals surface area contributed by atoms with Crippen LogP contribution in [0.15, 0.2) is 48.5 Å². The number of nitrogens with one attached hydrogen (secondary N) is 1.